The molecule has 0 unspecified atom stereocenters. The van der Waals surface area contributed by atoms with Crippen LogP contribution in [0, 0.1) is 0 Å². The molecule has 2 aromatic heterocycles. The maximum Gasteiger partial charge on any atom is 0.331 e. The van der Waals surface area contributed by atoms with Crippen LogP contribution >= 0.6 is 11.6 Å². The first-order valence-electron chi connectivity index (χ1n) is 6.02. The molecule has 0 aliphatic carbocycles. The lowest BCUT2D eigenvalue weighted by atomic mass is 10.2. The van der Waals surface area contributed by atoms with Crippen LogP contribution in [-0.4, -0.2) is 14.1 Å². The molecule has 2 aromatic rings. The van der Waals surface area contributed by atoms with E-state index in [1.54, 1.807) is 12.3 Å². The van der Waals surface area contributed by atoms with Gasteiger partial charge < -0.3 is 4.57 Å². The van der Waals surface area contributed by atoms with E-state index in [1.807, 2.05) is 6.92 Å². The molecule has 0 fully saturated rings. The van der Waals surface area contributed by atoms with Gasteiger partial charge in [-0.3, -0.25) is 14.3 Å². The van der Waals surface area contributed by atoms with E-state index in [9.17, 15) is 9.59 Å². The molecular weight excluding hydrogens is 266 g/mol. The Morgan fingerprint density at radius 3 is 2.79 bits per heavy atom. The number of aromatic nitrogens is 3. The second kappa shape index (κ2) is 5.84. The molecule has 0 saturated heterocycles. The Bertz CT molecular complexity index is 691. The molecular formula is C13H14ClN3O2. The lowest BCUT2D eigenvalue weighted by Gasteiger charge is -2.09. The predicted molar refractivity (Wildman–Crippen MR) is 73.6 cm³/mol. The minimum atomic E-state index is -0.328. The summed E-state index contributed by atoms with van der Waals surface area (Å²) in [4.78, 5) is 27.8. The minimum Gasteiger partial charge on any atom is -0.300 e. The molecule has 19 heavy (non-hydrogen) atoms. The van der Waals surface area contributed by atoms with Gasteiger partial charge in [0.2, 0.25) is 0 Å². The number of rotatable bonds is 4. The van der Waals surface area contributed by atoms with Crippen molar-refractivity contribution < 1.29 is 0 Å². The Balaban J connectivity index is 2.46. The summed E-state index contributed by atoms with van der Waals surface area (Å²) in [7, 11) is 0. The van der Waals surface area contributed by atoms with E-state index in [0.717, 1.165) is 6.42 Å². The van der Waals surface area contributed by atoms with Crippen LogP contribution in [0.25, 0.3) is 0 Å². The number of pyridine rings is 1. The van der Waals surface area contributed by atoms with Crippen molar-refractivity contribution in [2.45, 2.75) is 26.4 Å². The maximum absolute atomic E-state index is 12.2. The molecule has 2 heterocycles. The van der Waals surface area contributed by atoms with Gasteiger partial charge in [0.15, 0.2) is 0 Å². The van der Waals surface area contributed by atoms with Gasteiger partial charge in [0, 0.05) is 31.2 Å². The van der Waals surface area contributed by atoms with Crippen LogP contribution in [0.2, 0.25) is 5.02 Å². The molecule has 0 radical (unpaired) electrons. The first-order valence-corrected chi connectivity index (χ1v) is 6.40. The molecule has 0 amide bonds. The zero-order chi connectivity index (χ0) is 13.8. The molecule has 0 saturated carbocycles. The smallest absolute Gasteiger partial charge is 0.300 e. The van der Waals surface area contributed by atoms with Crippen molar-refractivity contribution in [1.82, 2.24) is 14.1 Å². The number of nitrogens with zero attached hydrogens (tertiary/aromatic N) is 3. The van der Waals surface area contributed by atoms with Gasteiger partial charge in [0.05, 0.1) is 11.6 Å². The summed E-state index contributed by atoms with van der Waals surface area (Å²) in [6.45, 7) is 2.72. The molecule has 100 valence electrons. The molecule has 0 N–H and O–H groups in total. The molecule has 6 heteroatoms. The number of hydrogen-bond acceptors (Lipinski definition) is 3. The van der Waals surface area contributed by atoms with Gasteiger partial charge in [-0.25, -0.2) is 4.79 Å². The van der Waals surface area contributed by atoms with Gasteiger partial charge in [-0.05, 0) is 18.1 Å². The zero-order valence-corrected chi connectivity index (χ0v) is 11.3. The third-order valence-electron chi connectivity index (χ3n) is 2.79. The Kier molecular flexibility index (Phi) is 4.16. The highest BCUT2D eigenvalue weighted by molar-refractivity contribution is 6.31. The molecule has 0 aromatic carbocycles. The lowest BCUT2D eigenvalue weighted by Crippen LogP contribution is -2.39. The van der Waals surface area contributed by atoms with Gasteiger partial charge >= 0.3 is 5.69 Å². The third-order valence-corrected chi connectivity index (χ3v) is 3.13. The molecule has 0 bridgehead atoms. The van der Waals surface area contributed by atoms with Crippen LogP contribution in [0.1, 0.15) is 18.9 Å². The van der Waals surface area contributed by atoms with Crippen molar-refractivity contribution in [1.29, 1.82) is 0 Å². The van der Waals surface area contributed by atoms with Crippen molar-refractivity contribution >= 4 is 11.6 Å². The summed E-state index contributed by atoms with van der Waals surface area (Å²) in [6.07, 6.45) is 5.43. The number of hydrogen-bond donors (Lipinski definition) is 0. The highest BCUT2D eigenvalue weighted by atomic mass is 35.5. The predicted octanol–water partition coefficient (Wildman–Crippen LogP) is 1.52. The van der Waals surface area contributed by atoms with Gasteiger partial charge in [-0.2, -0.15) is 0 Å². The highest BCUT2D eigenvalue weighted by Gasteiger charge is 2.07. The Labute approximate surface area is 115 Å². The van der Waals surface area contributed by atoms with Crippen LogP contribution in [0.15, 0.2) is 40.3 Å². The normalized spacial score (nSPS) is 10.6. The first kappa shape index (κ1) is 13.5. The molecule has 5 nitrogen and oxygen atoms in total. The summed E-state index contributed by atoms with van der Waals surface area (Å²) in [5.41, 5.74) is 0.0533. The van der Waals surface area contributed by atoms with Gasteiger partial charge in [-0.15, -0.1) is 0 Å². The average Bonchev–Trinajstić information content (AvgIpc) is 2.40. The van der Waals surface area contributed by atoms with Gasteiger partial charge in [-0.1, -0.05) is 18.5 Å². The van der Waals surface area contributed by atoms with E-state index in [-0.39, 0.29) is 17.8 Å². The fourth-order valence-corrected chi connectivity index (χ4v) is 2.00. The van der Waals surface area contributed by atoms with E-state index < -0.39 is 0 Å². The zero-order valence-electron chi connectivity index (χ0n) is 10.5. The summed E-state index contributed by atoms with van der Waals surface area (Å²) in [5.74, 6) is 0. The maximum atomic E-state index is 12.2. The van der Waals surface area contributed by atoms with Gasteiger partial charge in [0.1, 0.15) is 0 Å². The minimum absolute atomic E-state index is 0.156. The van der Waals surface area contributed by atoms with Crippen molar-refractivity contribution in [2.75, 3.05) is 0 Å². The Morgan fingerprint density at radius 2 is 2.11 bits per heavy atom. The third kappa shape index (κ3) is 2.93. The monoisotopic (exact) mass is 279 g/mol. The van der Waals surface area contributed by atoms with Crippen LogP contribution < -0.4 is 11.2 Å². The van der Waals surface area contributed by atoms with E-state index in [2.05, 4.69) is 4.98 Å². The van der Waals surface area contributed by atoms with Crippen LogP contribution in [0.5, 0.6) is 0 Å². The molecule has 0 atom stereocenters. The summed E-state index contributed by atoms with van der Waals surface area (Å²) < 4.78 is 2.70. The second-order valence-electron chi connectivity index (χ2n) is 4.18. The summed E-state index contributed by atoms with van der Waals surface area (Å²) in [6, 6.07) is 3.09. The second-order valence-corrected chi connectivity index (χ2v) is 4.59. The Hall–Kier alpha value is -1.88. The summed E-state index contributed by atoms with van der Waals surface area (Å²) in [5, 5.41) is 0.444. The van der Waals surface area contributed by atoms with E-state index in [0.29, 0.717) is 17.1 Å². The fourth-order valence-electron chi connectivity index (χ4n) is 1.82. The fraction of sp³-hybridized carbons (Fsp3) is 0.308. The SMILES string of the molecule is CCCn1ccc(=O)n(Cc2ccncc2Cl)c1=O. The van der Waals surface area contributed by atoms with E-state index in [1.165, 1.54) is 27.6 Å². The van der Waals surface area contributed by atoms with Crippen molar-refractivity contribution in [3.05, 3.63) is 62.1 Å². The quantitative estimate of drug-likeness (QED) is 0.852. The van der Waals surface area contributed by atoms with Crippen LogP contribution in [0.3, 0.4) is 0 Å². The standard InChI is InChI=1S/C13H14ClN3O2/c1-2-6-16-7-4-12(18)17(13(16)19)9-10-3-5-15-8-11(10)14/h3-5,7-8H,2,6,9H2,1H3. The summed E-state index contributed by atoms with van der Waals surface area (Å²) >= 11 is 5.99. The number of aryl methyl sites for hydroxylation is 1. The van der Waals surface area contributed by atoms with Crippen molar-refractivity contribution in [3.63, 3.8) is 0 Å². The van der Waals surface area contributed by atoms with Crippen molar-refractivity contribution in [2.24, 2.45) is 0 Å². The molecule has 2 rings (SSSR count). The van der Waals surface area contributed by atoms with Gasteiger partial charge in [0.25, 0.3) is 5.56 Å². The molecule has 0 spiro atoms. The van der Waals surface area contributed by atoms with Crippen molar-refractivity contribution in [3.8, 4) is 0 Å². The van der Waals surface area contributed by atoms with Crippen LogP contribution in [-0.2, 0) is 13.1 Å². The average molecular weight is 280 g/mol. The molecule has 0 aliphatic heterocycles. The number of halogens is 1. The molecule has 0 aliphatic rings. The lowest BCUT2D eigenvalue weighted by molar-refractivity contribution is 0.570. The van der Waals surface area contributed by atoms with E-state index >= 15 is 0 Å². The van der Waals surface area contributed by atoms with E-state index in [4.69, 9.17) is 11.6 Å². The highest BCUT2D eigenvalue weighted by Crippen LogP contribution is 2.13. The first-order chi connectivity index (χ1) is 9.13. The largest absolute Gasteiger partial charge is 0.331 e. The Morgan fingerprint density at radius 1 is 1.32 bits per heavy atom. The van der Waals surface area contributed by atoms with Crippen LogP contribution in [0.4, 0.5) is 0 Å². The topological polar surface area (TPSA) is 56.9 Å².